The van der Waals surface area contributed by atoms with Gasteiger partial charge in [0, 0.05) is 17.3 Å². The Labute approximate surface area is 118 Å². The van der Waals surface area contributed by atoms with Gasteiger partial charge in [-0.15, -0.1) is 0 Å². The Hall–Kier alpha value is -0.630. The summed E-state index contributed by atoms with van der Waals surface area (Å²) in [5.74, 6) is 1.20. The summed E-state index contributed by atoms with van der Waals surface area (Å²) < 4.78 is 1.06. The van der Waals surface area contributed by atoms with Crippen LogP contribution in [0.1, 0.15) is 50.5 Å². The van der Waals surface area contributed by atoms with Crippen LogP contribution in [0.15, 0.2) is 28.7 Å². The molecule has 2 rings (SSSR count). The Morgan fingerprint density at radius 2 is 2.00 bits per heavy atom. The van der Waals surface area contributed by atoms with Crippen molar-refractivity contribution in [2.45, 2.75) is 51.4 Å². The summed E-state index contributed by atoms with van der Waals surface area (Å²) in [6, 6.07) is 8.06. The molecule has 1 aromatic rings. The fourth-order valence-corrected chi connectivity index (χ4v) is 3.25. The molecule has 1 nitrogen and oxygen atoms in total. The molecule has 0 N–H and O–H groups in total. The highest BCUT2D eigenvalue weighted by Gasteiger charge is 2.14. The number of hydrogen-bond donors (Lipinski definition) is 0. The largest absolute Gasteiger partial charge is 0.299 e. The van der Waals surface area contributed by atoms with Crippen molar-refractivity contribution in [2.75, 3.05) is 0 Å². The van der Waals surface area contributed by atoms with Crippen LogP contribution in [0.2, 0.25) is 0 Å². The summed E-state index contributed by atoms with van der Waals surface area (Å²) in [7, 11) is 0. The minimum Gasteiger partial charge on any atom is -0.299 e. The molecule has 1 fully saturated rings. The molecule has 1 aliphatic rings. The molecule has 1 aromatic carbocycles. The van der Waals surface area contributed by atoms with Crippen LogP contribution in [0.25, 0.3) is 0 Å². The second-order valence-electron chi connectivity index (χ2n) is 5.39. The van der Waals surface area contributed by atoms with Crippen molar-refractivity contribution in [2.24, 2.45) is 5.92 Å². The summed E-state index contributed by atoms with van der Waals surface area (Å²) in [4.78, 5) is 12.0. The molecule has 98 valence electrons. The highest BCUT2D eigenvalue weighted by Crippen LogP contribution is 2.27. The molecule has 1 aliphatic carbocycles. The first-order valence-electron chi connectivity index (χ1n) is 7.00. The van der Waals surface area contributed by atoms with E-state index in [2.05, 4.69) is 15.9 Å². The highest BCUT2D eigenvalue weighted by atomic mass is 79.9. The molecule has 2 heteroatoms. The zero-order chi connectivity index (χ0) is 12.8. The van der Waals surface area contributed by atoms with Crippen molar-refractivity contribution in [3.63, 3.8) is 0 Å². The van der Waals surface area contributed by atoms with Crippen LogP contribution in [-0.4, -0.2) is 5.78 Å². The Morgan fingerprint density at radius 3 is 2.72 bits per heavy atom. The lowest BCUT2D eigenvalue weighted by atomic mass is 9.85. The zero-order valence-electron chi connectivity index (χ0n) is 10.8. The smallest absolute Gasteiger partial charge is 0.137 e. The van der Waals surface area contributed by atoms with Crippen LogP contribution < -0.4 is 0 Å². The number of Topliss-reactive ketones (excluding diaryl/α,β-unsaturated/α-hetero) is 1. The maximum Gasteiger partial charge on any atom is 0.137 e. The second-order valence-corrected chi connectivity index (χ2v) is 6.30. The standard InChI is InChI=1S/C16H21BrO/c17-15-8-4-7-14(11-15)12-16(18)10-9-13-5-2-1-3-6-13/h4,7-8,11,13H,1-3,5-6,9-10,12H2. The van der Waals surface area contributed by atoms with Crippen molar-refractivity contribution >= 4 is 21.7 Å². The van der Waals surface area contributed by atoms with Crippen LogP contribution in [0.3, 0.4) is 0 Å². The van der Waals surface area contributed by atoms with Crippen LogP contribution in [-0.2, 0) is 11.2 Å². The summed E-state index contributed by atoms with van der Waals surface area (Å²) in [6.07, 6.45) is 9.25. The normalized spacial score (nSPS) is 16.7. The molecule has 0 unspecified atom stereocenters. The first-order chi connectivity index (χ1) is 8.74. The minimum atomic E-state index is 0.388. The third-order valence-corrected chi connectivity index (χ3v) is 4.34. The van der Waals surface area contributed by atoms with Crippen LogP contribution >= 0.6 is 15.9 Å². The molecule has 18 heavy (non-hydrogen) atoms. The molecule has 1 saturated carbocycles. The topological polar surface area (TPSA) is 17.1 Å². The van der Waals surface area contributed by atoms with Crippen molar-refractivity contribution < 1.29 is 4.79 Å². The minimum absolute atomic E-state index is 0.388. The molecule has 0 saturated heterocycles. The average Bonchev–Trinajstić information content (AvgIpc) is 2.38. The van der Waals surface area contributed by atoms with E-state index in [1.165, 1.54) is 32.1 Å². The van der Waals surface area contributed by atoms with Gasteiger partial charge in [-0.2, -0.15) is 0 Å². The lowest BCUT2D eigenvalue weighted by Gasteiger charge is -2.20. The number of halogens is 1. The number of rotatable bonds is 5. The first-order valence-corrected chi connectivity index (χ1v) is 7.79. The average molecular weight is 309 g/mol. The Bertz CT molecular complexity index is 394. The van der Waals surface area contributed by atoms with Crippen LogP contribution in [0, 0.1) is 5.92 Å². The van der Waals surface area contributed by atoms with E-state index in [4.69, 9.17) is 0 Å². The predicted molar refractivity (Wildman–Crippen MR) is 78.7 cm³/mol. The fourth-order valence-electron chi connectivity index (χ4n) is 2.80. The van der Waals surface area contributed by atoms with E-state index in [0.717, 1.165) is 28.8 Å². The van der Waals surface area contributed by atoms with E-state index in [1.54, 1.807) is 0 Å². The number of carbonyl (C=O) groups is 1. The van der Waals surface area contributed by atoms with Gasteiger partial charge in [0.1, 0.15) is 5.78 Å². The van der Waals surface area contributed by atoms with Crippen molar-refractivity contribution in [3.05, 3.63) is 34.3 Å². The number of benzene rings is 1. The van der Waals surface area contributed by atoms with Crippen LogP contribution in [0.4, 0.5) is 0 Å². The van der Waals surface area contributed by atoms with E-state index in [1.807, 2.05) is 24.3 Å². The molecule has 0 heterocycles. The molecule has 0 spiro atoms. The van der Waals surface area contributed by atoms with Gasteiger partial charge in [0.15, 0.2) is 0 Å². The van der Waals surface area contributed by atoms with E-state index < -0.39 is 0 Å². The summed E-state index contributed by atoms with van der Waals surface area (Å²) >= 11 is 3.44. The van der Waals surface area contributed by atoms with Crippen molar-refractivity contribution in [3.8, 4) is 0 Å². The molecule has 0 aliphatic heterocycles. The Balaban J connectivity index is 1.74. The number of carbonyl (C=O) groups excluding carboxylic acids is 1. The zero-order valence-corrected chi connectivity index (χ0v) is 12.4. The molecular formula is C16H21BrO. The van der Waals surface area contributed by atoms with E-state index in [-0.39, 0.29) is 0 Å². The third kappa shape index (κ3) is 4.56. The van der Waals surface area contributed by atoms with Gasteiger partial charge in [-0.05, 0) is 30.0 Å². The van der Waals surface area contributed by atoms with Crippen LogP contribution in [0.5, 0.6) is 0 Å². The lowest BCUT2D eigenvalue weighted by Crippen LogP contribution is -2.10. The highest BCUT2D eigenvalue weighted by molar-refractivity contribution is 9.10. The van der Waals surface area contributed by atoms with Gasteiger partial charge in [-0.3, -0.25) is 4.79 Å². The van der Waals surface area contributed by atoms with E-state index in [0.29, 0.717) is 12.2 Å². The fraction of sp³-hybridized carbons (Fsp3) is 0.562. The van der Waals surface area contributed by atoms with E-state index >= 15 is 0 Å². The third-order valence-electron chi connectivity index (χ3n) is 3.85. The predicted octanol–water partition coefficient (Wildman–Crippen LogP) is 4.92. The second kappa shape index (κ2) is 7.08. The van der Waals surface area contributed by atoms with Gasteiger partial charge in [-0.1, -0.05) is 60.2 Å². The lowest BCUT2D eigenvalue weighted by molar-refractivity contribution is -0.118. The van der Waals surface area contributed by atoms with Gasteiger partial charge in [0.2, 0.25) is 0 Å². The SMILES string of the molecule is O=C(CCC1CCCCC1)Cc1cccc(Br)c1. The number of ketones is 1. The summed E-state index contributed by atoms with van der Waals surface area (Å²) in [6.45, 7) is 0. The summed E-state index contributed by atoms with van der Waals surface area (Å²) in [5.41, 5.74) is 1.12. The van der Waals surface area contributed by atoms with Gasteiger partial charge in [0.25, 0.3) is 0 Å². The van der Waals surface area contributed by atoms with Gasteiger partial charge in [0.05, 0.1) is 0 Å². The van der Waals surface area contributed by atoms with Gasteiger partial charge < -0.3 is 0 Å². The summed E-state index contributed by atoms with van der Waals surface area (Å²) in [5, 5.41) is 0. The Morgan fingerprint density at radius 1 is 1.22 bits per heavy atom. The molecule has 0 aromatic heterocycles. The monoisotopic (exact) mass is 308 g/mol. The molecule has 0 radical (unpaired) electrons. The van der Waals surface area contributed by atoms with Gasteiger partial charge >= 0.3 is 0 Å². The Kier molecular flexibility index (Phi) is 5.43. The van der Waals surface area contributed by atoms with E-state index in [9.17, 15) is 4.79 Å². The quantitative estimate of drug-likeness (QED) is 0.754. The molecule has 0 atom stereocenters. The maximum atomic E-state index is 12.0. The molecule has 0 bridgehead atoms. The molecular weight excluding hydrogens is 288 g/mol. The number of hydrogen-bond acceptors (Lipinski definition) is 1. The van der Waals surface area contributed by atoms with Crippen molar-refractivity contribution in [1.82, 2.24) is 0 Å². The first kappa shape index (κ1) is 13.8. The van der Waals surface area contributed by atoms with Crippen molar-refractivity contribution in [1.29, 1.82) is 0 Å². The molecule has 0 amide bonds. The van der Waals surface area contributed by atoms with Gasteiger partial charge in [-0.25, -0.2) is 0 Å². The maximum absolute atomic E-state index is 12.0.